The molecule has 0 radical (unpaired) electrons. The quantitative estimate of drug-likeness (QED) is 0.318. The highest BCUT2D eigenvalue weighted by atomic mass is 32.1. The number of pyridine rings is 1. The van der Waals surface area contributed by atoms with Crippen molar-refractivity contribution in [3.63, 3.8) is 0 Å². The molecule has 0 N–H and O–H groups in total. The summed E-state index contributed by atoms with van der Waals surface area (Å²) in [4.78, 5) is 5.45. The van der Waals surface area contributed by atoms with Crippen molar-refractivity contribution in [2.45, 2.75) is 25.9 Å². The maximum Gasteiger partial charge on any atom is 0.401 e. The molecule has 0 aliphatic heterocycles. The van der Waals surface area contributed by atoms with Gasteiger partial charge in [0.15, 0.2) is 10.6 Å². The van der Waals surface area contributed by atoms with E-state index in [4.69, 9.17) is 12.2 Å². The number of hydrogen-bond acceptors (Lipinski definition) is 4. The van der Waals surface area contributed by atoms with E-state index in [1.54, 1.807) is 30.6 Å². The number of benzene rings is 2. The first-order valence-corrected chi connectivity index (χ1v) is 10.7. The Hall–Kier alpha value is -3.30. The molecule has 5 nitrogen and oxygen atoms in total. The van der Waals surface area contributed by atoms with E-state index in [0.717, 1.165) is 16.7 Å². The molecule has 2 heterocycles. The van der Waals surface area contributed by atoms with E-state index >= 15 is 0 Å². The number of alkyl halides is 3. The third-order valence-electron chi connectivity index (χ3n) is 5.01. The van der Waals surface area contributed by atoms with Crippen molar-refractivity contribution in [1.82, 2.24) is 24.2 Å². The van der Waals surface area contributed by atoms with Gasteiger partial charge in [0.1, 0.15) is 0 Å². The van der Waals surface area contributed by atoms with Gasteiger partial charge in [-0.15, -0.1) is 0 Å². The van der Waals surface area contributed by atoms with Gasteiger partial charge in [-0.05, 0) is 35.5 Å². The minimum Gasteiger partial charge on any atom is -0.295 e. The fourth-order valence-corrected chi connectivity index (χ4v) is 3.84. The van der Waals surface area contributed by atoms with Crippen LogP contribution in [-0.4, -0.2) is 37.0 Å². The molecule has 0 bridgehead atoms. The average molecular weight is 470 g/mol. The number of hydrogen-bond donors (Lipinski definition) is 0. The largest absolute Gasteiger partial charge is 0.401 e. The first kappa shape index (κ1) is 22.9. The summed E-state index contributed by atoms with van der Waals surface area (Å²) in [6.07, 6.45) is -1.03. The van der Waals surface area contributed by atoms with Crippen LogP contribution in [-0.2, 0) is 19.8 Å². The molecule has 0 aliphatic carbocycles. The fraction of sp³-hybridized carbons (Fsp3) is 0.208. The van der Waals surface area contributed by atoms with Crippen LogP contribution in [0.2, 0.25) is 0 Å². The van der Waals surface area contributed by atoms with E-state index in [0.29, 0.717) is 17.1 Å². The van der Waals surface area contributed by atoms with E-state index in [1.807, 2.05) is 59.2 Å². The van der Waals surface area contributed by atoms with Crippen molar-refractivity contribution in [3.8, 4) is 11.4 Å². The number of nitrogens with zero attached hydrogens (tertiary/aromatic N) is 5. The van der Waals surface area contributed by atoms with E-state index in [-0.39, 0.29) is 13.2 Å². The molecule has 33 heavy (non-hydrogen) atoms. The van der Waals surface area contributed by atoms with Crippen LogP contribution in [0.15, 0.2) is 85.2 Å². The standard InChI is InChI=1S/C24H22F3N5S/c25-24(26,27)17-30(15-19-8-3-1-4-9-19)18-32-23(33)31(16-20-10-5-2-6-11-20)22(29-32)21-12-7-13-28-14-21/h1-14H,15-18H2. The van der Waals surface area contributed by atoms with Crippen molar-refractivity contribution < 1.29 is 13.2 Å². The molecular formula is C24H22F3N5S. The second-order valence-corrected chi connectivity index (χ2v) is 8.01. The minimum atomic E-state index is -4.35. The second-order valence-electron chi connectivity index (χ2n) is 7.65. The Morgan fingerprint density at radius 1 is 0.879 bits per heavy atom. The molecule has 9 heteroatoms. The summed E-state index contributed by atoms with van der Waals surface area (Å²) in [5, 5.41) is 4.61. The lowest BCUT2D eigenvalue weighted by atomic mass is 10.2. The van der Waals surface area contributed by atoms with Crippen LogP contribution in [0.5, 0.6) is 0 Å². The Balaban J connectivity index is 1.70. The van der Waals surface area contributed by atoms with E-state index in [2.05, 4.69) is 10.1 Å². The zero-order valence-electron chi connectivity index (χ0n) is 17.7. The molecule has 4 rings (SSSR count). The highest BCUT2D eigenvalue weighted by Crippen LogP contribution is 2.22. The van der Waals surface area contributed by atoms with Crippen LogP contribution in [0, 0.1) is 4.77 Å². The van der Waals surface area contributed by atoms with E-state index in [9.17, 15) is 13.2 Å². The van der Waals surface area contributed by atoms with Crippen molar-refractivity contribution in [3.05, 3.63) is 101 Å². The zero-order valence-corrected chi connectivity index (χ0v) is 18.5. The van der Waals surface area contributed by atoms with Crippen LogP contribution < -0.4 is 0 Å². The maximum absolute atomic E-state index is 13.3. The van der Waals surface area contributed by atoms with Crippen LogP contribution in [0.3, 0.4) is 0 Å². The second kappa shape index (κ2) is 10.1. The van der Waals surface area contributed by atoms with Gasteiger partial charge in [0.25, 0.3) is 0 Å². The van der Waals surface area contributed by atoms with Crippen molar-refractivity contribution >= 4 is 12.2 Å². The summed E-state index contributed by atoms with van der Waals surface area (Å²) in [5.41, 5.74) is 2.53. The molecule has 170 valence electrons. The molecular weight excluding hydrogens is 447 g/mol. The van der Waals surface area contributed by atoms with Gasteiger partial charge in [0.05, 0.1) is 19.8 Å². The topological polar surface area (TPSA) is 38.9 Å². The average Bonchev–Trinajstić information content (AvgIpc) is 3.10. The summed E-state index contributed by atoms with van der Waals surface area (Å²) < 4.78 is 43.6. The minimum absolute atomic E-state index is 0.0950. The predicted octanol–water partition coefficient (Wildman–Crippen LogP) is 5.55. The third-order valence-corrected chi connectivity index (χ3v) is 5.44. The van der Waals surface area contributed by atoms with Crippen molar-refractivity contribution in [2.24, 2.45) is 0 Å². The lowest BCUT2D eigenvalue weighted by Gasteiger charge is -2.23. The molecule has 0 fully saturated rings. The Kier molecular flexibility index (Phi) is 7.00. The highest BCUT2D eigenvalue weighted by molar-refractivity contribution is 7.71. The lowest BCUT2D eigenvalue weighted by molar-refractivity contribution is -0.151. The number of aromatic nitrogens is 4. The molecule has 0 saturated heterocycles. The van der Waals surface area contributed by atoms with Gasteiger partial charge in [0.2, 0.25) is 0 Å². The fourth-order valence-electron chi connectivity index (χ4n) is 3.59. The van der Waals surface area contributed by atoms with Crippen molar-refractivity contribution in [2.75, 3.05) is 6.54 Å². The molecule has 4 aromatic rings. The molecule has 0 atom stereocenters. The van der Waals surface area contributed by atoms with Gasteiger partial charge in [-0.3, -0.25) is 14.5 Å². The molecule has 2 aromatic carbocycles. The molecule has 0 amide bonds. The van der Waals surface area contributed by atoms with Crippen molar-refractivity contribution in [1.29, 1.82) is 0 Å². The molecule has 0 spiro atoms. The summed E-state index contributed by atoms with van der Waals surface area (Å²) >= 11 is 5.67. The summed E-state index contributed by atoms with van der Waals surface area (Å²) in [6, 6.07) is 22.4. The SMILES string of the molecule is FC(F)(F)CN(Cc1ccccc1)Cn1nc(-c2cccnc2)n(Cc2ccccc2)c1=S. The first-order chi connectivity index (χ1) is 15.9. The number of halogens is 3. The Morgan fingerprint density at radius 2 is 1.55 bits per heavy atom. The van der Waals surface area contributed by atoms with Crippen LogP contribution in [0.4, 0.5) is 13.2 Å². The normalized spacial score (nSPS) is 11.8. The first-order valence-electron chi connectivity index (χ1n) is 10.3. The van der Waals surface area contributed by atoms with Gasteiger partial charge >= 0.3 is 6.18 Å². The smallest absolute Gasteiger partial charge is 0.295 e. The third kappa shape index (κ3) is 6.15. The van der Waals surface area contributed by atoms with Gasteiger partial charge < -0.3 is 0 Å². The Bertz CT molecular complexity index is 1220. The molecule has 0 unspecified atom stereocenters. The molecule has 2 aromatic heterocycles. The Morgan fingerprint density at radius 3 is 2.15 bits per heavy atom. The van der Waals surface area contributed by atoms with Gasteiger partial charge in [0, 0.05) is 24.5 Å². The van der Waals surface area contributed by atoms with Gasteiger partial charge in [-0.1, -0.05) is 60.7 Å². The predicted molar refractivity (Wildman–Crippen MR) is 123 cm³/mol. The summed E-state index contributed by atoms with van der Waals surface area (Å²) in [6.45, 7) is -0.600. The van der Waals surface area contributed by atoms with Crippen LogP contribution >= 0.6 is 12.2 Å². The molecule has 0 saturated carbocycles. The van der Waals surface area contributed by atoms with E-state index < -0.39 is 12.7 Å². The zero-order chi connectivity index (χ0) is 23.3. The van der Waals surface area contributed by atoms with Crippen LogP contribution in [0.25, 0.3) is 11.4 Å². The molecule has 0 aliphatic rings. The monoisotopic (exact) mass is 469 g/mol. The maximum atomic E-state index is 13.3. The van der Waals surface area contributed by atoms with Crippen LogP contribution in [0.1, 0.15) is 11.1 Å². The Labute approximate surface area is 194 Å². The summed E-state index contributed by atoms with van der Waals surface area (Å²) in [5.74, 6) is 0.559. The summed E-state index contributed by atoms with van der Waals surface area (Å²) in [7, 11) is 0. The lowest BCUT2D eigenvalue weighted by Crippen LogP contribution is -2.35. The van der Waals surface area contributed by atoms with Gasteiger partial charge in [-0.25, -0.2) is 4.68 Å². The van der Waals surface area contributed by atoms with E-state index in [1.165, 1.54) is 9.58 Å². The van der Waals surface area contributed by atoms with Gasteiger partial charge in [-0.2, -0.15) is 18.3 Å². The highest BCUT2D eigenvalue weighted by Gasteiger charge is 2.31. The number of rotatable bonds is 8.